The first-order valence-corrected chi connectivity index (χ1v) is 12.8. The van der Waals surface area contributed by atoms with Crippen molar-refractivity contribution in [2.24, 2.45) is 0 Å². The monoisotopic (exact) mass is 486 g/mol. The van der Waals surface area contributed by atoms with Crippen molar-refractivity contribution < 1.29 is 4.79 Å². The minimum atomic E-state index is -0.132. The van der Waals surface area contributed by atoms with E-state index >= 15 is 0 Å². The Bertz CT molecular complexity index is 1010. The van der Waals surface area contributed by atoms with Gasteiger partial charge >= 0.3 is 0 Å². The van der Waals surface area contributed by atoms with Gasteiger partial charge in [0.05, 0.1) is 16.4 Å². The third-order valence-electron chi connectivity index (χ3n) is 6.66. The van der Waals surface area contributed by atoms with E-state index in [1.807, 2.05) is 23.1 Å². The molecule has 1 amide bonds. The van der Waals surface area contributed by atoms with Crippen LogP contribution in [0.3, 0.4) is 0 Å². The van der Waals surface area contributed by atoms with Gasteiger partial charge in [-0.05, 0) is 18.6 Å². The molecular formula is C25H35ClN6O2. The van der Waals surface area contributed by atoms with Gasteiger partial charge in [-0.25, -0.2) is 4.98 Å². The van der Waals surface area contributed by atoms with Gasteiger partial charge in [0.1, 0.15) is 0 Å². The van der Waals surface area contributed by atoms with Crippen LogP contribution in [-0.2, 0) is 11.3 Å². The third-order valence-corrected chi connectivity index (χ3v) is 6.98. The molecule has 0 atom stereocenters. The molecular weight excluding hydrogens is 452 g/mol. The average Bonchev–Trinajstić information content (AvgIpc) is 2.85. The Labute approximate surface area is 206 Å². The van der Waals surface area contributed by atoms with Crippen LogP contribution >= 0.6 is 11.6 Å². The lowest BCUT2D eigenvalue weighted by molar-refractivity contribution is -0.131. The molecule has 8 nitrogen and oxygen atoms in total. The first-order valence-electron chi connectivity index (χ1n) is 12.4. The number of para-hydroxylation sites is 1. The summed E-state index contributed by atoms with van der Waals surface area (Å²) in [4.78, 5) is 41.1. The largest absolute Gasteiger partial charge is 0.368 e. The van der Waals surface area contributed by atoms with Gasteiger partial charge in [-0.3, -0.25) is 19.5 Å². The molecule has 1 aromatic heterocycles. The fourth-order valence-electron chi connectivity index (χ4n) is 4.66. The molecule has 0 unspecified atom stereocenters. The van der Waals surface area contributed by atoms with Crippen LogP contribution in [-0.4, -0.2) is 78.0 Å². The van der Waals surface area contributed by atoms with Crippen molar-refractivity contribution in [2.45, 2.75) is 39.2 Å². The van der Waals surface area contributed by atoms with Crippen LogP contribution in [0.25, 0.3) is 0 Å². The number of amides is 1. The summed E-state index contributed by atoms with van der Waals surface area (Å²) in [6.45, 7) is 9.02. The fourth-order valence-corrected chi connectivity index (χ4v) is 4.92. The van der Waals surface area contributed by atoms with Gasteiger partial charge in [-0.15, -0.1) is 0 Å². The molecule has 0 aliphatic carbocycles. The number of hydrogen-bond donors (Lipinski definition) is 1. The standard InChI is InChI=1S/C25H35ClN6O2/c1-2-3-4-9-24(34)31-14-16-32(17-15-31)25-27-20(18-23(33)28-25)19-29-10-12-30(13-11-29)22-8-6-5-7-21(22)26/h5-8,18H,2-4,9-17,19H2,1H3,(H,27,28,33). The number of aromatic amines is 1. The number of nitrogens with one attached hydrogen (secondary N) is 1. The van der Waals surface area contributed by atoms with Crippen molar-refractivity contribution in [3.63, 3.8) is 0 Å². The second-order valence-corrected chi connectivity index (χ2v) is 9.51. The lowest BCUT2D eigenvalue weighted by atomic mass is 10.2. The Kier molecular flexibility index (Phi) is 8.45. The molecule has 2 saturated heterocycles. The summed E-state index contributed by atoms with van der Waals surface area (Å²) in [6.07, 6.45) is 3.80. The fraction of sp³-hybridized carbons (Fsp3) is 0.560. The molecule has 1 N–H and O–H groups in total. The molecule has 1 aromatic carbocycles. The Balaban J connectivity index is 1.30. The van der Waals surface area contributed by atoms with Crippen LogP contribution in [0, 0.1) is 0 Å². The van der Waals surface area contributed by atoms with E-state index in [1.54, 1.807) is 6.07 Å². The Morgan fingerprint density at radius 3 is 2.41 bits per heavy atom. The van der Waals surface area contributed by atoms with Gasteiger partial charge < -0.3 is 14.7 Å². The molecule has 2 aliphatic heterocycles. The highest BCUT2D eigenvalue weighted by molar-refractivity contribution is 6.33. The number of nitrogens with zero attached hydrogens (tertiary/aromatic N) is 5. The van der Waals surface area contributed by atoms with Gasteiger partial charge in [0, 0.05) is 71.4 Å². The maximum Gasteiger partial charge on any atom is 0.252 e. The smallest absolute Gasteiger partial charge is 0.252 e. The number of benzene rings is 1. The molecule has 0 bridgehead atoms. The van der Waals surface area contributed by atoms with Crippen molar-refractivity contribution in [1.82, 2.24) is 19.8 Å². The summed E-state index contributed by atoms with van der Waals surface area (Å²) in [5.74, 6) is 0.842. The normalized spacial score (nSPS) is 17.3. The summed E-state index contributed by atoms with van der Waals surface area (Å²) in [5.41, 5.74) is 1.72. The first-order chi connectivity index (χ1) is 16.5. The average molecular weight is 487 g/mol. The second kappa shape index (κ2) is 11.7. The zero-order valence-corrected chi connectivity index (χ0v) is 20.8. The molecule has 2 fully saturated rings. The number of halogens is 1. The highest BCUT2D eigenvalue weighted by atomic mass is 35.5. The highest BCUT2D eigenvalue weighted by Crippen LogP contribution is 2.26. The number of carbonyl (C=O) groups excluding carboxylic acids is 1. The molecule has 34 heavy (non-hydrogen) atoms. The first kappa shape index (κ1) is 24.5. The number of carbonyl (C=O) groups is 1. The predicted molar refractivity (Wildman–Crippen MR) is 137 cm³/mol. The molecule has 2 aliphatic rings. The molecule has 184 valence electrons. The van der Waals surface area contributed by atoms with Crippen LogP contribution in [0.5, 0.6) is 0 Å². The van der Waals surface area contributed by atoms with Gasteiger partial charge in [-0.1, -0.05) is 43.5 Å². The van der Waals surface area contributed by atoms with Crippen molar-refractivity contribution in [2.75, 3.05) is 62.2 Å². The van der Waals surface area contributed by atoms with E-state index in [0.29, 0.717) is 45.1 Å². The van der Waals surface area contributed by atoms with Gasteiger partial charge in [0.25, 0.3) is 5.56 Å². The van der Waals surface area contributed by atoms with Crippen LogP contribution in [0.1, 0.15) is 38.3 Å². The molecule has 0 radical (unpaired) electrons. The molecule has 9 heteroatoms. The topological polar surface area (TPSA) is 75.8 Å². The number of unbranched alkanes of at least 4 members (excludes halogenated alkanes) is 2. The molecule has 4 rings (SSSR count). The van der Waals surface area contributed by atoms with E-state index in [0.717, 1.165) is 61.8 Å². The second-order valence-electron chi connectivity index (χ2n) is 9.10. The highest BCUT2D eigenvalue weighted by Gasteiger charge is 2.23. The van der Waals surface area contributed by atoms with Crippen LogP contribution in [0.2, 0.25) is 5.02 Å². The molecule has 2 aromatic rings. The van der Waals surface area contributed by atoms with Crippen molar-refractivity contribution in [3.05, 3.63) is 51.4 Å². The summed E-state index contributed by atoms with van der Waals surface area (Å²) in [7, 11) is 0. The summed E-state index contributed by atoms with van der Waals surface area (Å²) in [5, 5.41) is 0.777. The van der Waals surface area contributed by atoms with Gasteiger partial charge in [-0.2, -0.15) is 0 Å². The predicted octanol–water partition coefficient (Wildman–Crippen LogP) is 2.97. The Hall–Kier alpha value is -2.58. The van der Waals surface area contributed by atoms with Crippen LogP contribution in [0.15, 0.2) is 35.1 Å². The van der Waals surface area contributed by atoms with Crippen LogP contribution in [0.4, 0.5) is 11.6 Å². The number of hydrogen-bond acceptors (Lipinski definition) is 6. The number of rotatable bonds is 8. The zero-order valence-electron chi connectivity index (χ0n) is 20.0. The number of anilines is 2. The zero-order chi connectivity index (χ0) is 23.9. The van der Waals surface area contributed by atoms with Gasteiger partial charge in [0.2, 0.25) is 11.9 Å². The van der Waals surface area contributed by atoms with Crippen molar-refractivity contribution >= 4 is 29.1 Å². The summed E-state index contributed by atoms with van der Waals surface area (Å²) < 4.78 is 0. The van der Waals surface area contributed by atoms with Crippen molar-refractivity contribution in [3.8, 4) is 0 Å². The van der Waals surface area contributed by atoms with E-state index in [9.17, 15) is 9.59 Å². The van der Waals surface area contributed by atoms with Gasteiger partial charge in [0.15, 0.2) is 0 Å². The maximum absolute atomic E-state index is 12.4. The quantitative estimate of drug-likeness (QED) is 0.578. The van der Waals surface area contributed by atoms with Crippen molar-refractivity contribution in [1.29, 1.82) is 0 Å². The Morgan fingerprint density at radius 1 is 1.00 bits per heavy atom. The van der Waals surface area contributed by atoms with E-state index in [1.165, 1.54) is 0 Å². The number of H-pyrrole nitrogens is 1. The minimum Gasteiger partial charge on any atom is -0.368 e. The molecule has 0 saturated carbocycles. The van der Waals surface area contributed by atoms with Crippen LogP contribution < -0.4 is 15.4 Å². The summed E-state index contributed by atoms with van der Waals surface area (Å²) in [6, 6.07) is 9.53. The molecule has 0 spiro atoms. The number of aromatic nitrogens is 2. The minimum absolute atomic E-state index is 0.132. The van der Waals surface area contributed by atoms with E-state index in [4.69, 9.17) is 16.6 Å². The van der Waals surface area contributed by atoms with E-state index < -0.39 is 0 Å². The lowest BCUT2D eigenvalue weighted by Crippen LogP contribution is -2.49. The maximum atomic E-state index is 12.4. The van der Waals surface area contributed by atoms with E-state index in [2.05, 4.69) is 32.7 Å². The lowest BCUT2D eigenvalue weighted by Gasteiger charge is -2.37. The number of piperazine rings is 2. The summed E-state index contributed by atoms with van der Waals surface area (Å²) >= 11 is 6.36. The Morgan fingerprint density at radius 2 is 1.71 bits per heavy atom. The third kappa shape index (κ3) is 6.30. The molecule has 3 heterocycles. The van der Waals surface area contributed by atoms with E-state index in [-0.39, 0.29) is 11.5 Å². The SMILES string of the molecule is CCCCCC(=O)N1CCN(c2nc(CN3CCN(c4ccccc4Cl)CC3)cc(=O)[nH]2)CC1.